The van der Waals surface area contributed by atoms with Gasteiger partial charge in [-0.2, -0.15) is 5.26 Å². The fourth-order valence-electron chi connectivity index (χ4n) is 5.67. The van der Waals surface area contributed by atoms with Crippen LogP contribution in [0.4, 0.5) is 0 Å². The van der Waals surface area contributed by atoms with E-state index in [4.69, 9.17) is 5.26 Å². The normalized spacial score (nSPS) is 24.7. The van der Waals surface area contributed by atoms with Crippen LogP contribution in [-0.2, 0) is 14.4 Å². The third kappa shape index (κ3) is 6.18. The Morgan fingerprint density at radius 3 is 2.57 bits per heavy atom. The molecule has 198 valence electrons. The predicted octanol–water partition coefficient (Wildman–Crippen LogP) is 0.956. The van der Waals surface area contributed by atoms with Gasteiger partial charge in [0.1, 0.15) is 0 Å². The molecule has 0 radical (unpaired) electrons. The Labute approximate surface area is 216 Å². The number of hydroxylamine groups is 1. The quantitative estimate of drug-likeness (QED) is 0.342. The molecule has 1 aromatic rings. The largest absolute Gasteiger partial charge is 0.393 e. The Kier molecular flexibility index (Phi) is 8.59. The first kappa shape index (κ1) is 26.8. The summed E-state index contributed by atoms with van der Waals surface area (Å²) in [6.45, 7) is 4.34. The molecule has 3 atom stereocenters. The van der Waals surface area contributed by atoms with Gasteiger partial charge >= 0.3 is 0 Å². The molecule has 4 N–H and O–H groups in total. The first-order valence-electron chi connectivity index (χ1n) is 12.9. The molecule has 0 spiro atoms. The van der Waals surface area contributed by atoms with Gasteiger partial charge in [0.2, 0.25) is 17.7 Å². The molecule has 2 saturated heterocycles. The van der Waals surface area contributed by atoms with Gasteiger partial charge in [0, 0.05) is 32.6 Å². The molecule has 4 rings (SSSR count). The third-order valence-corrected chi connectivity index (χ3v) is 7.83. The minimum absolute atomic E-state index is 0.0153. The number of hydrogen-bond acceptors (Lipinski definition) is 7. The van der Waals surface area contributed by atoms with Crippen LogP contribution < -0.4 is 10.8 Å². The Morgan fingerprint density at radius 1 is 1.19 bits per heavy atom. The van der Waals surface area contributed by atoms with E-state index in [1.807, 2.05) is 25.1 Å². The number of aryl methyl sites for hydroxylation is 1. The molecule has 0 aromatic heterocycles. The summed E-state index contributed by atoms with van der Waals surface area (Å²) in [6, 6.07) is 6.95. The lowest BCUT2D eigenvalue weighted by Gasteiger charge is -2.39. The van der Waals surface area contributed by atoms with Crippen LogP contribution >= 0.6 is 0 Å². The van der Waals surface area contributed by atoms with Crippen LogP contribution in [0, 0.1) is 30.1 Å². The number of carbonyl (C=O) groups excluding carboxylic acids is 3. The smallest absolute Gasteiger partial charge is 0.248 e. The van der Waals surface area contributed by atoms with Gasteiger partial charge < -0.3 is 20.2 Å². The van der Waals surface area contributed by atoms with Gasteiger partial charge in [-0.25, -0.2) is 5.48 Å². The van der Waals surface area contributed by atoms with Gasteiger partial charge in [-0.1, -0.05) is 12.1 Å². The number of amides is 3. The number of nitriles is 1. The molecule has 3 aliphatic rings. The van der Waals surface area contributed by atoms with Crippen molar-refractivity contribution in [3.8, 4) is 6.07 Å². The van der Waals surface area contributed by atoms with E-state index in [0.717, 1.165) is 16.7 Å². The van der Waals surface area contributed by atoms with Crippen LogP contribution in [0.3, 0.4) is 0 Å². The second-order valence-electron chi connectivity index (χ2n) is 10.3. The maximum atomic E-state index is 13.4. The molecule has 3 amide bonds. The third-order valence-electron chi connectivity index (χ3n) is 7.83. The van der Waals surface area contributed by atoms with Crippen LogP contribution in [0.5, 0.6) is 0 Å². The number of benzene rings is 1. The van der Waals surface area contributed by atoms with E-state index < -0.39 is 17.9 Å². The van der Waals surface area contributed by atoms with Crippen molar-refractivity contribution in [3.05, 3.63) is 41.0 Å². The number of aliphatic hydroxyl groups excluding tert-OH is 1. The lowest BCUT2D eigenvalue weighted by atomic mass is 9.81. The lowest BCUT2D eigenvalue weighted by molar-refractivity contribution is -0.145. The van der Waals surface area contributed by atoms with E-state index in [1.165, 1.54) is 0 Å². The highest BCUT2D eigenvalue weighted by molar-refractivity contribution is 5.90. The molecular formula is C27H35N5O5. The second-order valence-corrected chi connectivity index (χ2v) is 10.3. The summed E-state index contributed by atoms with van der Waals surface area (Å²) in [7, 11) is 0. The highest BCUT2D eigenvalue weighted by Crippen LogP contribution is 2.29. The highest BCUT2D eigenvalue weighted by atomic mass is 16.5. The number of hydrogen-bond donors (Lipinski definition) is 4. The van der Waals surface area contributed by atoms with Crippen molar-refractivity contribution in [1.82, 2.24) is 20.6 Å². The first-order valence-corrected chi connectivity index (χ1v) is 12.9. The van der Waals surface area contributed by atoms with Crippen LogP contribution in [0.2, 0.25) is 0 Å². The predicted molar refractivity (Wildman–Crippen MR) is 135 cm³/mol. The number of nitrogens with one attached hydrogen (secondary N) is 2. The van der Waals surface area contributed by atoms with Crippen LogP contribution in [0.15, 0.2) is 24.3 Å². The molecule has 37 heavy (non-hydrogen) atoms. The summed E-state index contributed by atoms with van der Waals surface area (Å²) in [4.78, 5) is 42.2. The average molecular weight is 510 g/mol. The summed E-state index contributed by atoms with van der Waals surface area (Å²) < 4.78 is 0. The van der Waals surface area contributed by atoms with Gasteiger partial charge in [-0.3, -0.25) is 19.6 Å². The van der Waals surface area contributed by atoms with Gasteiger partial charge in [-0.05, 0) is 73.9 Å². The van der Waals surface area contributed by atoms with E-state index in [2.05, 4.69) is 11.4 Å². The minimum atomic E-state index is -0.793. The first-order chi connectivity index (χ1) is 17.8. The lowest BCUT2D eigenvalue weighted by Crippen LogP contribution is -2.59. The summed E-state index contributed by atoms with van der Waals surface area (Å²) in [5.74, 6) is -1.78. The van der Waals surface area contributed by atoms with Crippen LogP contribution in [0.25, 0.3) is 5.57 Å². The topological polar surface area (TPSA) is 146 Å². The second kappa shape index (κ2) is 11.9. The molecule has 0 unspecified atom stereocenters. The Bertz CT molecular complexity index is 1100. The number of piperidine rings is 2. The van der Waals surface area contributed by atoms with Crippen molar-refractivity contribution in [2.75, 3.05) is 32.7 Å². The fourth-order valence-corrected chi connectivity index (χ4v) is 5.67. The van der Waals surface area contributed by atoms with Gasteiger partial charge in [0.05, 0.1) is 29.7 Å². The van der Waals surface area contributed by atoms with Crippen molar-refractivity contribution >= 4 is 23.3 Å². The maximum Gasteiger partial charge on any atom is 0.248 e. The summed E-state index contributed by atoms with van der Waals surface area (Å²) in [5, 5.41) is 31.3. The molecule has 10 heteroatoms. The number of aliphatic hydroxyl groups is 1. The number of likely N-dealkylation sites (tertiary alicyclic amines) is 1. The van der Waals surface area contributed by atoms with Crippen molar-refractivity contribution < 1.29 is 24.7 Å². The van der Waals surface area contributed by atoms with Crippen LogP contribution in [0.1, 0.15) is 48.8 Å². The average Bonchev–Trinajstić information content (AvgIpc) is 2.92. The van der Waals surface area contributed by atoms with Crippen molar-refractivity contribution in [2.24, 2.45) is 11.8 Å². The van der Waals surface area contributed by atoms with E-state index in [-0.39, 0.29) is 30.3 Å². The molecule has 1 aromatic carbocycles. The van der Waals surface area contributed by atoms with Gasteiger partial charge in [0.15, 0.2) is 0 Å². The molecule has 0 bridgehead atoms. The number of rotatable bonds is 5. The molecule has 0 saturated carbocycles. The molecular weight excluding hydrogens is 474 g/mol. The monoisotopic (exact) mass is 509 g/mol. The molecule has 3 aliphatic heterocycles. The minimum Gasteiger partial charge on any atom is -0.393 e. The Hall–Kier alpha value is -3.26. The summed E-state index contributed by atoms with van der Waals surface area (Å²) in [6.07, 6.45) is 4.00. The maximum absolute atomic E-state index is 13.4. The number of carbonyl (C=O) groups is 3. The van der Waals surface area contributed by atoms with Crippen molar-refractivity contribution in [1.29, 1.82) is 5.26 Å². The highest BCUT2D eigenvalue weighted by Gasteiger charge is 2.42. The van der Waals surface area contributed by atoms with Gasteiger partial charge in [0.25, 0.3) is 0 Å². The molecule has 3 heterocycles. The molecule has 0 aliphatic carbocycles. The summed E-state index contributed by atoms with van der Waals surface area (Å²) >= 11 is 0. The van der Waals surface area contributed by atoms with Crippen molar-refractivity contribution in [2.45, 2.75) is 51.2 Å². The van der Waals surface area contributed by atoms with E-state index in [1.54, 1.807) is 21.3 Å². The zero-order valence-corrected chi connectivity index (χ0v) is 21.2. The van der Waals surface area contributed by atoms with Gasteiger partial charge in [-0.15, -0.1) is 0 Å². The molecule has 10 nitrogen and oxygen atoms in total. The number of nitrogens with zero attached hydrogens (tertiary/aromatic N) is 3. The Balaban J connectivity index is 1.38. The fraction of sp³-hybridized carbons (Fsp3) is 0.556. The van der Waals surface area contributed by atoms with E-state index >= 15 is 0 Å². The Morgan fingerprint density at radius 2 is 1.95 bits per heavy atom. The molecule has 2 fully saturated rings. The standard InChI is InChI=1S/C27H35N5O5/c1-17-12-18(15-28)2-3-22(17)20-4-8-32(9-5-20)27(36)25-23(26(35)30-37)13-19(16-29-25)14-24(34)31-10-6-21(33)7-11-31/h2-4,12,19,21,23,25,29,33,37H,5-11,13-14,16H2,1H3,(H,30,35)/t19-,23+,25+/m1/s1. The van der Waals surface area contributed by atoms with Crippen molar-refractivity contribution in [3.63, 3.8) is 0 Å². The zero-order chi connectivity index (χ0) is 26.5. The van der Waals surface area contributed by atoms with E-state index in [9.17, 15) is 24.7 Å². The zero-order valence-electron chi connectivity index (χ0n) is 21.2. The van der Waals surface area contributed by atoms with Crippen LogP contribution in [-0.4, -0.2) is 82.7 Å². The SMILES string of the molecule is Cc1cc(C#N)ccc1C1=CCN(C(=O)[C@H]2NC[C@@H](CC(=O)N3CCC(O)CC3)C[C@@H]2C(=O)NO)CC1. The summed E-state index contributed by atoms with van der Waals surface area (Å²) in [5.41, 5.74) is 5.51. The van der Waals surface area contributed by atoms with E-state index in [0.29, 0.717) is 64.0 Å².